The summed E-state index contributed by atoms with van der Waals surface area (Å²) in [5.41, 5.74) is 6.58. The highest BCUT2D eigenvalue weighted by Crippen LogP contribution is 2.11. The highest BCUT2D eigenvalue weighted by Gasteiger charge is 2.03. The minimum Gasteiger partial charge on any atom is -0.330 e. The summed E-state index contributed by atoms with van der Waals surface area (Å²) < 4.78 is 0. The molecule has 0 unspecified atom stereocenters. The van der Waals surface area contributed by atoms with Crippen LogP contribution in [0.4, 0.5) is 0 Å². The molecular weight excluding hydrogens is 224 g/mol. The Bertz CT molecular complexity index is 449. The van der Waals surface area contributed by atoms with Gasteiger partial charge < -0.3 is 5.73 Å². The standard InChI is InChI=1S/C11H13ClN4/c12-9-3-1-8(2-4-9)7-11-14-10(5-6-13)15-16-11/h1-4H,5-7,13H2,(H,14,15,16). The Morgan fingerprint density at radius 2 is 2.00 bits per heavy atom. The van der Waals surface area contributed by atoms with Crippen LogP contribution < -0.4 is 5.73 Å². The summed E-state index contributed by atoms with van der Waals surface area (Å²) >= 11 is 5.81. The van der Waals surface area contributed by atoms with Crippen molar-refractivity contribution in [3.05, 3.63) is 46.5 Å². The molecule has 0 fully saturated rings. The first kappa shape index (κ1) is 11.1. The molecule has 0 saturated heterocycles. The summed E-state index contributed by atoms with van der Waals surface area (Å²) in [6, 6.07) is 7.70. The summed E-state index contributed by atoms with van der Waals surface area (Å²) in [4.78, 5) is 4.34. The molecule has 1 aromatic heterocycles. The van der Waals surface area contributed by atoms with Crippen LogP contribution >= 0.6 is 11.6 Å². The van der Waals surface area contributed by atoms with Crippen LogP contribution in [0, 0.1) is 0 Å². The zero-order valence-electron chi connectivity index (χ0n) is 8.78. The zero-order valence-corrected chi connectivity index (χ0v) is 9.54. The Hall–Kier alpha value is -1.39. The van der Waals surface area contributed by atoms with Crippen molar-refractivity contribution in [3.8, 4) is 0 Å². The van der Waals surface area contributed by atoms with E-state index >= 15 is 0 Å². The summed E-state index contributed by atoms with van der Waals surface area (Å²) in [5, 5.41) is 7.72. The molecule has 0 bridgehead atoms. The highest BCUT2D eigenvalue weighted by molar-refractivity contribution is 6.30. The van der Waals surface area contributed by atoms with E-state index in [1.54, 1.807) is 0 Å². The fourth-order valence-corrected chi connectivity index (χ4v) is 1.58. The monoisotopic (exact) mass is 236 g/mol. The van der Waals surface area contributed by atoms with E-state index in [9.17, 15) is 0 Å². The second kappa shape index (κ2) is 5.09. The normalized spacial score (nSPS) is 10.6. The zero-order chi connectivity index (χ0) is 11.4. The number of nitrogens with one attached hydrogen (secondary N) is 1. The number of benzene rings is 1. The third-order valence-corrected chi connectivity index (χ3v) is 2.48. The number of halogens is 1. The van der Waals surface area contributed by atoms with Crippen molar-refractivity contribution in [1.82, 2.24) is 15.2 Å². The summed E-state index contributed by atoms with van der Waals surface area (Å²) in [6.45, 7) is 0.568. The van der Waals surface area contributed by atoms with Gasteiger partial charge in [-0.25, -0.2) is 4.98 Å². The SMILES string of the molecule is NCCc1n[nH]c(Cc2ccc(Cl)cc2)n1. The second-order valence-corrected chi connectivity index (χ2v) is 3.98. The predicted octanol–water partition coefficient (Wildman–Crippen LogP) is 1.55. The van der Waals surface area contributed by atoms with Gasteiger partial charge in [-0.15, -0.1) is 0 Å². The number of nitrogens with two attached hydrogens (primary N) is 1. The van der Waals surface area contributed by atoms with Crippen molar-refractivity contribution in [2.24, 2.45) is 5.73 Å². The van der Waals surface area contributed by atoms with Gasteiger partial charge in [0.25, 0.3) is 0 Å². The number of H-pyrrole nitrogens is 1. The average Bonchev–Trinajstić information content (AvgIpc) is 2.70. The van der Waals surface area contributed by atoms with Crippen LogP contribution in [0.3, 0.4) is 0 Å². The Balaban J connectivity index is 2.05. The van der Waals surface area contributed by atoms with Gasteiger partial charge in [0.05, 0.1) is 0 Å². The Morgan fingerprint density at radius 1 is 1.25 bits per heavy atom. The molecule has 0 atom stereocenters. The maximum absolute atomic E-state index is 5.81. The molecule has 2 aromatic rings. The molecule has 4 nitrogen and oxygen atoms in total. The first-order valence-electron chi connectivity index (χ1n) is 5.12. The minimum atomic E-state index is 0.568. The number of nitrogens with zero attached hydrogens (tertiary/aromatic N) is 2. The minimum absolute atomic E-state index is 0.568. The number of aromatic nitrogens is 3. The third kappa shape index (κ3) is 2.81. The lowest BCUT2D eigenvalue weighted by Gasteiger charge is -1.97. The fourth-order valence-electron chi connectivity index (χ4n) is 1.45. The summed E-state index contributed by atoms with van der Waals surface area (Å²) in [6.07, 6.45) is 1.44. The van der Waals surface area contributed by atoms with E-state index in [0.29, 0.717) is 13.0 Å². The first-order valence-corrected chi connectivity index (χ1v) is 5.50. The van der Waals surface area contributed by atoms with Gasteiger partial charge in [0.2, 0.25) is 0 Å². The Labute approximate surface area is 98.8 Å². The van der Waals surface area contributed by atoms with Crippen molar-refractivity contribution in [2.75, 3.05) is 6.54 Å². The molecule has 1 aromatic carbocycles. The van der Waals surface area contributed by atoms with Crippen molar-refractivity contribution >= 4 is 11.6 Å². The van der Waals surface area contributed by atoms with E-state index < -0.39 is 0 Å². The van der Waals surface area contributed by atoms with Crippen LogP contribution in [-0.2, 0) is 12.8 Å². The molecule has 0 radical (unpaired) electrons. The molecule has 0 aliphatic heterocycles. The van der Waals surface area contributed by atoms with E-state index in [-0.39, 0.29) is 0 Å². The van der Waals surface area contributed by atoms with Crippen LogP contribution in [0.2, 0.25) is 5.02 Å². The van der Waals surface area contributed by atoms with Gasteiger partial charge in [-0.2, -0.15) is 5.10 Å². The van der Waals surface area contributed by atoms with Crippen LogP contribution in [-0.4, -0.2) is 21.7 Å². The van der Waals surface area contributed by atoms with Gasteiger partial charge >= 0.3 is 0 Å². The lowest BCUT2D eigenvalue weighted by Crippen LogP contribution is -2.04. The molecule has 2 rings (SSSR count). The van der Waals surface area contributed by atoms with Gasteiger partial charge in [-0.3, -0.25) is 5.10 Å². The van der Waals surface area contributed by atoms with E-state index in [1.807, 2.05) is 24.3 Å². The van der Waals surface area contributed by atoms with Gasteiger partial charge in [-0.05, 0) is 24.2 Å². The molecular formula is C11H13ClN4. The molecule has 3 N–H and O–H groups in total. The van der Waals surface area contributed by atoms with E-state index in [4.69, 9.17) is 17.3 Å². The smallest absolute Gasteiger partial charge is 0.151 e. The van der Waals surface area contributed by atoms with E-state index in [2.05, 4.69) is 15.2 Å². The van der Waals surface area contributed by atoms with Crippen LogP contribution in [0.5, 0.6) is 0 Å². The predicted molar refractivity (Wildman–Crippen MR) is 63.4 cm³/mol. The van der Waals surface area contributed by atoms with E-state index in [0.717, 1.165) is 28.7 Å². The molecule has 16 heavy (non-hydrogen) atoms. The number of hydrogen-bond acceptors (Lipinski definition) is 3. The number of rotatable bonds is 4. The summed E-state index contributed by atoms with van der Waals surface area (Å²) in [7, 11) is 0. The lowest BCUT2D eigenvalue weighted by molar-refractivity contribution is 0.874. The Morgan fingerprint density at radius 3 is 2.69 bits per heavy atom. The molecule has 0 aliphatic rings. The number of hydrogen-bond donors (Lipinski definition) is 2. The molecule has 5 heteroatoms. The van der Waals surface area contributed by atoms with E-state index in [1.165, 1.54) is 0 Å². The largest absolute Gasteiger partial charge is 0.330 e. The van der Waals surface area contributed by atoms with Crippen molar-refractivity contribution in [3.63, 3.8) is 0 Å². The summed E-state index contributed by atoms with van der Waals surface area (Å²) in [5.74, 6) is 1.62. The number of aromatic amines is 1. The third-order valence-electron chi connectivity index (χ3n) is 2.23. The maximum atomic E-state index is 5.81. The van der Waals surface area contributed by atoms with Crippen molar-refractivity contribution in [2.45, 2.75) is 12.8 Å². The second-order valence-electron chi connectivity index (χ2n) is 3.54. The van der Waals surface area contributed by atoms with Crippen molar-refractivity contribution in [1.29, 1.82) is 0 Å². The quantitative estimate of drug-likeness (QED) is 0.847. The van der Waals surface area contributed by atoms with Crippen molar-refractivity contribution < 1.29 is 0 Å². The van der Waals surface area contributed by atoms with Crippen LogP contribution in [0.15, 0.2) is 24.3 Å². The molecule has 0 saturated carbocycles. The fraction of sp³-hybridized carbons (Fsp3) is 0.273. The maximum Gasteiger partial charge on any atom is 0.151 e. The Kier molecular flexibility index (Phi) is 3.54. The molecule has 84 valence electrons. The highest BCUT2D eigenvalue weighted by atomic mass is 35.5. The van der Waals surface area contributed by atoms with Crippen LogP contribution in [0.1, 0.15) is 17.2 Å². The topological polar surface area (TPSA) is 67.6 Å². The van der Waals surface area contributed by atoms with Crippen LogP contribution in [0.25, 0.3) is 0 Å². The molecule has 1 heterocycles. The van der Waals surface area contributed by atoms with Gasteiger partial charge in [-0.1, -0.05) is 23.7 Å². The molecule has 0 amide bonds. The average molecular weight is 237 g/mol. The van der Waals surface area contributed by atoms with Gasteiger partial charge in [0.1, 0.15) is 5.82 Å². The lowest BCUT2D eigenvalue weighted by atomic mass is 10.1. The van der Waals surface area contributed by atoms with Gasteiger partial charge in [0.15, 0.2) is 5.82 Å². The van der Waals surface area contributed by atoms with Gasteiger partial charge in [0, 0.05) is 17.9 Å². The first-order chi connectivity index (χ1) is 7.78. The molecule has 0 spiro atoms. The molecule has 0 aliphatic carbocycles.